The first kappa shape index (κ1) is 23.0. The highest BCUT2D eigenvalue weighted by Gasteiger charge is 2.41. The summed E-state index contributed by atoms with van der Waals surface area (Å²) in [5.41, 5.74) is 2.82. The van der Waals surface area contributed by atoms with E-state index in [4.69, 9.17) is 9.97 Å². The van der Waals surface area contributed by atoms with E-state index >= 15 is 0 Å². The summed E-state index contributed by atoms with van der Waals surface area (Å²) >= 11 is 0. The third-order valence-corrected chi connectivity index (χ3v) is 7.48. The lowest BCUT2D eigenvalue weighted by atomic mass is 10.0. The lowest BCUT2D eigenvalue weighted by molar-refractivity contribution is -0.132. The number of hydrogen-bond acceptors (Lipinski definition) is 6. The molecule has 2 aromatic heterocycles. The molecule has 1 aliphatic heterocycles. The van der Waals surface area contributed by atoms with Gasteiger partial charge in [-0.1, -0.05) is 0 Å². The summed E-state index contributed by atoms with van der Waals surface area (Å²) in [4.78, 5) is 26.7. The molecular weight excluding hydrogens is 440 g/mol. The summed E-state index contributed by atoms with van der Waals surface area (Å²) in [6.07, 6.45) is 4.73. The molecule has 2 atom stereocenters. The summed E-state index contributed by atoms with van der Waals surface area (Å²) in [7, 11) is 0. The van der Waals surface area contributed by atoms with Gasteiger partial charge in [0.1, 0.15) is 11.9 Å². The summed E-state index contributed by atoms with van der Waals surface area (Å²) < 4.78 is 27.3. The number of aryl methyl sites for hydroxylation is 1. The number of hydrogen-bond donors (Lipinski definition) is 2. The van der Waals surface area contributed by atoms with E-state index in [0.29, 0.717) is 37.1 Å². The Morgan fingerprint density at radius 2 is 2.06 bits per heavy atom. The Bertz CT molecular complexity index is 1050. The van der Waals surface area contributed by atoms with Crippen LogP contribution in [0.5, 0.6) is 0 Å². The van der Waals surface area contributed by atoms with Crippen LogP contribution >= 0.6 is 0 Å². The van der Waals surface area contributed by atoms with E-state index in [1.807, 2.05) is 29.7 Å². The minimum absolute atomic E-state index is 0.0779. The van der Waals surface area contributed by atoms with Crippen molar-refractivity contribution in [2.45, 2.75) is 83.1 Å². The van der Waals surface area contributed by atoms with Gasteiger partial charge < -0.3 is 15.1 Å². The van der Waals surface area contributed by atoms with Gasteiger partial charge in [0.2, 0.25) is 17.8 Å². The number of nitrogens with zero attached hydrogens (tertiary/aromatic N) is 5. The number of carbonyl (C=O) groups excluding carboxylic acids is 1. The zero-order valence-corrected chi connectivity index (χ0v) is 19.9. The molecule has 0 bridgehead atoms. The van der Waals surface area contributed by atoms with E-state index < -0.39 is 5.92 Å². The molecule has 2 fully saturated rings. The number of aromatic amines is 1. The molecule has 0 aromatic carbocycles. The van der Waals surface area contributed by atoms with Crippen LogP contribution in [0.2, 0.25) is 0 Å². The number of alkyl halides is 2. The standard InChI is InChI=1S/C24H33F2N7O/c1-3-32(4-2)22(34)19-9-6-12-33(19)23-27-17-8-5-7-16(17)21(29-23)28-20-13-18(30-31-20)15-10-11-24(25,26)14-15/h13,15,19H,3-12,14H2,1-2H3,(H2,27,28,29,30,31)/t15?,19-/m0/s1. The number of amides is 1. The molecule has 5 rings (SSSR count). The molecular formula is C24H33F2N7O. The number of H-pyrrole nitrogens is 1. The Labute approximate surface area is 198 Å². The SMILES string of the molecule is CCN(CC)C(=O)[C@@H]1CCCN1c1nc2c(c(Nc3cc(C4CCC(F)(F)C4)[nH]n3)n1)CCC2. The molecule has 0 radical (unpaired) electrons. The van der Waals surface area contributed by atoms with E-state index in [2.05, 4.69) is 15.5 Å². The van der Waals surface area contributed by atoms with Crippen molar-refractivity contribution in [1.29, 1.82) is 0 Å². The molecule has 3 aliphatic rings. The molecule has 1 amide bonds. The van der Waals surface area contributed by atoms with Crippen molar-refractivity contribution in [3.05, 3.63) is 23.0 Å². The lowest BCUT2D eigenvalue weighted by Crippen LogP contribution is -2.46. The topological polar surface area (TPSA) is 90.0 Å². The number of halogens is 2. The highest BCUT2D eigenvalue weighted by atomic mass is 19.3. The van der Waals surface area contributed by atoms with Crippen molar-refractivity contribution in [2.75, 3.05) is 29.9 Å². The van der Waals surface area contributed by atoms with Crippen LogP contribution in [-0.2, 0) is 17.6 Å². The van der Waals surface area contributed by atoms with Crippen molar-refractivity contribution in [3.63, 3.8) is 0 Å². The predicted molar refractivity (Wildman–Crippen MR) is 126 cm³/mol. The van der Waals surface area contributed by atoms with Crippen LogP contribution in [0.4, 0.5) is 26.4 Å². The Morgan fingerprint density at radius 1 is 1.24 bits per heavy atom. The second-order valence-electron chi connectivity index (χ2n) is 9.64. The minimum Gasteiger partial charge on any atom is -0.341 e. The van der Waals surface area contributed by atoms with Gasteiger partial charge in [-0.05, 0) is 52.4 Å². The first-order chi connectivity index (χ1) is 16.4. The van der Waals surface area contributed by atoms with Gasteiger partial charge in [-0.25, -0.2) is 13.8 Å². The molecule has 34 heavy (non-hydrogen) atoms. The lowest BCUT2D eigenvalue weighted by Gasteiger charge is -2.29. The van der Waals surface area contributed by atoms with Gasteiger partial charge in [-0.2, -0.15) is 10.1 Å². The Balaban J connectivity index is 1.39. The Kier molecular flexibility index (Phi) is 6.16. The molecule has 1 saturated heterocycles. The Hall–Kier alpha value is -2.78. The number of anilines is 3. The molecule has 2 aromatic rings. The largest absolute Gasteiger partial charge is 0.341 e. The fourth-order valence-electron chi connectivity index (χ4n) is 5.61. The van der Waals surface area contributed by atoms with Crippen LogP contribution in [0.25, 0.3) is 0 Å². The number of aromatic nitrogens is 4. The summed E-state index contributed by atoms with van der Waals surface area (Å²) in [5, 5.41) is 10.6. The first-order valence-corrected chi connectivity index (χ1v) is 12.5. The summed E-state index contributed by atoms with van der Waals surface area (Å²) in [6.45, 7) is 6.12. The second-order valence-corrected chi connectivity index (χ2v) is 9.64. The average molecular weight is 474 g/mol. The third-order valence-electron chi connectivity index (χ3n) is 7.48. The van der Waals surface area contributed by atoms with Gasteiger partial charge in [0.05, 0.1) is 5.69 Å². The van der Waals surface area contributed by atoms with Crippen LogP contribution < -0.4 is 10.2 Å². The number of nitrogens with one attached hydrogen (secondary N) is 2. The van der Waals surface area contributed by atoms with Gasteiger partial charge in [0, 0.05) is 55.7 Å². The monoisotopic (exact) mass is 473 g/mol. The van der Waals surface area contributed by atoms with Crippen LogP contribution in [0, 0.1) is 0 Å². The summed E-state index contributed by atoms with van der Waals surface area (Å²) in [6, 6.07) is 1.57. The minimum atomic E-state index is -2.60. The maximum absolute atomic E-state index is 13.7. The predicted octanol–water partition coefficient (Wildman–Crippen LogP) is 4.17. The average Bonchev–Trinajstić information content (AvgIpc) is 3.60. The highest BCUT2D eigenvalue weighted by molar-refractivity contribution is 5.85. The zero-order valence-electron chi connectivity index (χ0n) is 19.9. The molecule has 1 saturated carbocycles. The first-order valence-electron chi connectivity index (χ1n) is 12.5. The quantitative estimate of drug-likeness (QED) is 0.627. The number of rotatable bonds is 7. The van der Waals surface area contributed by atoms with Gasteiger partial charge in [0.15, 0.2) is 5.82 Å². The number of fused-ring (bicyclic) bond motifs is 1. The highest BCUT2D eigenvalue weighted by Crippen LogP contribution is 2.44. The van der Waals surface area contributed by atoms with E-state index in [1.165, 1.54) is 0 Å². The van der Waals surface area contributed by atoms with Gasteiger partial charge in [-0.15, -0.1) is 0 Å². The van der Waals surface area contributed by atoms with Crippen LogP contribution in [0.1, 0.15) is 75.2 Å². The fraction of sp³-hybridized carbons (Fsp3) is 0.667. The van der Waals surface area contributed by atoms with Gasteiger partial charge >= 0.3 is 0 Å². The third kappa shape index (κ3) is 4.34. The van der Waals surface area contributed by atoms with E-state index in [-0.39, 0.29) is 30.7 Å². The van der Waals surface area contributed by atoms with Gasteiger partial charge in [-0.3, -0.25) is 9.89 Å². The molecule has 0 spiro atoms. The van der Waals surface area contributed by atoms with Crippen molar-refractivity contribution < 1.29 is 13.6 Å². The van der Waals surface area contributed by atoms with Crippen molar-refractivity contribution >= 4 is 23.5 Å². The smallest absolute Gasteiger partial charge is 0.248 e. The molecule has 1 unspecified atom stereocenters. The second kappa shape index (κ2) is 9.11. The molecule has 2 N–H and O–H groups in total. The Morgan fingerprint density at radius 3 is 2.79 bits per heavy atom. The molecule has 2 aliphatic carbocycles. The van der Waals surface area contributed by atoms with Crippen molar-refractivity contribution in [2.24, 2.45) is 0 Å². The van der Waals surface area contributed by atoms with E-state index in [0.717, 1.165) is 55.6 Å². The van der Waals surface area contributed by atoms with Crippen LogP contribution in [0.15, 0.2) is 6.07 Å². The van der Waals surface area contributed by atoms with Crippen LogP contribution in [-0.4, -0.2) is 62.6 Å². The normalized spacial score (nSPS) is 23.4. The number of carbonyl (C=O) groups is 1. The number of likely N-dealkylation sites (N-methyl/N-ethyl adjacent to an activating group) is 1. The molecule has 8 nitrogen and oxygen atoms in total. The van der Waals surface area contributed by atoms with E-state index in [1.54, 1.807) is 0 Å². The van der Waals surface area contributed by atoms with Gasteiger partial charge in [0.25, 0.3) is 0 Å². The maximum atomic E-state index is 13.7. The fourth-order valence-corrected chi connectivity index (χ4v) is 5.61. The van der Waals surface area contributed by atoms with E-state index in [9.17, 15) is 13.6 Å². The summed E-state index contributed by atoms with van der Waals surface area (Å²) in [5.74, 6) is -0.819. The zero-order chi connectivity index (χ0) is 23.9. The maximum Gasteiger partial charge on any atom is 0.248 e. The van der Waals surface area contributed by atoms with Crippen molar-refractivity contribution in [1.82, 2.24) is 25.1 Å². The van der Waals surface area contributed by atoms with Crippen LogP contribution in [0.3, 0.4) is 0 Å². The molecule has 184 valence electrons. The molecule has 3 heterocycles. The van der Waals surface area contributed by atoms with Crippen molar-refractivity contribution in [3.8, 4) is 0 Å². The molecule has 10 heteroatoms.